The maximum atomic E-state index is 12.8. The van der Waals surface area contributed by atoms with Crippen LogP contribution in [0.15, 0.2) is 24.5 Å². The van der Waals surface area contributed by atoms with Crippen molar-refractivity contribution in [3.63, 3.8) is 0 Å². The number of carbonyl (C=O) groups is 1. The van der Waals surface area contributed by atoms with Crippen LogP contribution in [0.5, 0.6) is 5.75 Å². The molecule has 0 radical (unpaired) electrons. The van der Waals surface area contributed by atoms with Gasteiger partial charge in [-0.25, -0.2) is 9.97 Å². The molecule has 0 aliphatic carbocycles. The second-order valence-electron chi connectivity index (χ2n) is 5.93. The fraction of sp³-hybridized carbons (Fsp3) is 0.412. The van der Waals surface area contributed by atoms with E-state index in [2.05, 4.69) is 15.0 Å². The van der Waals surface area contributed by atoms with E-state index in [0.717, 1.165) is 24.2 Å². The van der Waals surface area contributed by atoms with Crippen molar-refractivity contribution in [3.8, 4) is 5.75 Å². The van der Waals surface area contributed by atoms with Gasteiger partial charge in [0.25, 0.3) is 5.91 Å². The molecule has 2 aromatic rings. The van der Waals surface area contributed by atoms with Gasteiger partial charge in [-0.1, -0.05) is 0 Å². The molecule has 1 aliphatic heterocycles. The van der Waals surface area contributed by atoms with Gasteiger partial charge in [0.2, 0.25) is 5.95 Å². The van der Waals surface area contributed by atoms with Crippen molar-refractivity contribution >= 4 is 11.9 Å². The van der Waals surface area contributed by atoms with Crippen molar-refractivity contribution in [2.24, 2.45) is 0 Å². The van der Waals surface area contributed by atoms with Crippen LogP contribution in [0, 0.1) is 6.92 Å². The standard InChI is InChI=1S/C17H21N5O2/c1-11-9-13(15(24-2)10-20-11)16(23)22-7-4-12(5-8-22)14-3-6-19-17(18)21-14/h3,6,9-10,12H,4-5,7-8H2,1-2H3,(H2,18,19,21). The molecule has 2 aromatic heterocycles. The lowest BCUT2D eigenvalue weighted by atomic mass is 9.93. The Balaban J connectivity index is 1.70. The molecule has 7 nitrogen and oxygen atoms in total. The van der Waals surface area contributed by atoms with Crippen LogP contribution in [0.3, 0.4) is 0 Å². The minimum atomic E-state index is -0.0157. The smallest absolute Gasteiger partial charge is 0.257 e. The number of anilines is 1. The first-order valence-corrected chi connectivity index (χ1v) is 7.97. The predicted octanol–water partition coefficient (Wildman–Crippen LogP) is 1.79. The van der Waals surface area contributed by atoms with Crippen LogP contribution in [-0.2, 0) is 0 Å². The molecular formula is C17H21N5O2. The fourth-order valence-corrected chi connectivity index (χ4v) is 3.04. The Morgan fingerprint density at radius 2 is 2.08 bits per heavy atom. The number of nitrogens with zero attached hydrogens (tertiary/aromatic N) is 4. The van der Waals surface area contributed by atoms with E-state index in [4.69, 9.17) is 10.5 Å². The first-order chi connectivity index (χ1) is 11.6. The number of amides is 1. The van der Waals surface area contributed by atoms with Gasteiger partial charge in [0, 0.05) is 36.6 Å². The third kappa shape index (κ3) is 3.29. The summed E-state index contributed by atoms with van der Waals surface area (Å²) in [4.78, 5) is 27.1. The Morgan fingerprint density at radius 1 is 1.33 bits per heavy atom. The number of hydrogen-bond donors (Lipinski definition) is 1. The van der Waals surface area contributed by atoms with Crippen molar-refractivity contribution in [3.05, 3.63) is 41.5 Å². The molecule has 1 aliphatic rings. The summed E-state index contributed by atoms with van der Waals surface area (Å²) in [6.45, 7) is 3.22. The Bertz CT molecular complexity index is 742. The van der Waals surface area contributed by atoms with E-state index in [1.54, 1.807) is 25.6 Å². The van der Waals surface area contributed by atoms with Gasteiger partial charge < -0.3 is 15.4 Å². The van der Waals surface area contributed by atoms with Gasteiger partial charge in [-0.05, 0) is 31.9 Å². The number of aryl methyl sites for hydroxylation is 1. The summed E-state index contributed by atoms with van der Waals surface area (Å²) in [5, 5.41) is 0. The van der Waals surface area contributed by atoms with E-state index >= 15 is 0 Å². The van der Waals surface area contributed by atoms with Gasteiger partial charge >= 0.3 is 0 Å². The number of pyridine rings is 1. The molecule has 24 heavy (non-hydrogen) atoms. The zero-order valence-corrected chi connectivity index (χ0v) is 13.9. The monoisotopic (exact) mass is 327 g/mol. The molecule has 7 heteroatoms. The Morgan fingerprint density at radius 3 is 2.75 bits per heavy atom. The molecule has 3 rings (SSSR count). The minimum absolute atomic E-state index is 0.0157. The number of nitrogens with two attached hydrogens (primary N) is 1. The van der Waals surface area contributed by atoms with Crippen LogP contribution >= 0.6 is 0 Å². The minimum Gasteiger partial charge on any atom is -0.494 e. The highest BCUT2D eigenvalue weighted by Crippen LogP contribution is 2.28. The summed E-state index contributed by atoms with van der Waals surface area (Å²) in [6.07, 6.45) is 4.99. The zero-order chi connectivity index (χ0) is 17.1. The third-order valence-corrected chi connectivity index (χ3v) is 4.35. The second-order valence-corrected chi connectivity index (χ2v) is 5.93. The number of carbonyl (C=O) groups excluding carboxylic acids is 1. The van der Waals surface area contributed by atoms with Gasteiger partial charge in [0.1, 0.15) is 5.75 Å². The molecule has 0 unspecified atom stereocenters. The number of likely N-dealkylation sites (tertiary alicyclic amines) is 1. The van der Waals surface area contributed by atoms with Gasteiger partial charge in [-0.15, -0.1) is 0 Å². The molecule has 0 aromatic carbocycles. The molecule has 0 atom stereocenters. The topological polar surface area (TPSA) is 94.2 Å². The van der Waals surface area contributed by atoms with Crippen molar-refractivity contribution in [1.29, 1.82) is 0 Å². The first-order valence-electron chi connectivity index (χ1n) is 7.97. The van der Waals surface area contributed by atoms with E-state index in [0.29, 0.717) is 36.3 Å². The highest BCUT2D eigenvalue weighted by atomic mass is 16.5. The molecule has 1 saturated heterocycles. The van der Waals surface area contributed by atoms with E-state index < -0.39 is 0 Å². The lowest BCUT2D eigenvalue weighted by molar-refractivity contribution is 0.0708. The first kappa shape index (κ1) is 16.2. The predicted molar refractivity (Wildman–Crippen MR) is 89.8 cm³/mol. The molecule has 1 fully saturated rings. The van der Waals surface area contributed by atoms with Crippen LogP contribution in [0.4, 0.5) is 5.95 Å². The lowest BCUT2D eigenvalue weighted by Gasteiger charge is -2.32. The molecule has 126 valence electrons. The van der Waals surface area contributed by atoms with Gasteiger partial charge in [-0.2, -0.15) is 0 Å². The van der Waals surface area contributed by atoms with Gasteiger partial charge in [0.15, 0.2) is 0 Å². The maximum absolute atomic E-state index is 12.8. The Kier molecular flexibility index (Phi) is 4.59. The summed E-state index contributed by atoms with van der Waals surface area (Å²) >= 11 is 0. The van der Waals surface area contributed by atoms with Gasteiger partial charge in [-0.3, -0.25) is 9.78 Å². The van der Waals surface area contributed by atoms with Crippen LogP contribution in [0.25, 0.3) is 0 Å². The molecule has 2 N–H and O–H groups in total. The quantitative estimate of drug-likeness (QED) is 0.923. The summed E-state index contributed by atoms with van der Waals surface area (Å²) in [5.74, 6) is 1.10. The highest BCUT2D eigenvalue weighted by molar-refractivity contribution is 5.97. The van der Waals surface area contributed by atoms with Crippen LogP contribution in [0.2, 0.25) is 0 Å². The molecule has 3 heterocycles. The SMILES string of the molecule is COc1cnc(C)cc1C(=O)N1CCC(c2ccnc(N)n2)CC1. The van der Waals surface area contributed by atoms with E-state index in [9.17, 15) is 4.79 Å². The fourth-order valence-electron chi connectivity index (χ4n) is 3.04. The number of nitrogen functional groups attached to an aromatic ring is 1. The number of methoxy groups -OCH3 is 1. The van der Waals surface area contributed by atoms with E-state index in [1.807, 2.05) is 17.9 Å². The molecule has 0 saturated carbocycles. The van der Waals surface area contributed by atoms with E-state index in [1.165, 1.54) is 0 Å². The molecular weight excluding hydrogens is 306 g/mol. The molecule has 0 bridgehead atoms. The summed E-state index contributed by atoms with van der Waals surface area (Å²) in [5.41, 5.74) is 7.97. The van der Waals surface area contributed by atoms with Gasteiger partial charge in [0.05, 0.1) is 18.9 Å². The molecule has 0 spiro atoms. The number of piperidine rings is 1. The largest absolute Gasteiger partial charge is 0.494 e. The van der Waals surface area contributed by atoms with Crippen molar-refractivity contribution in [2.75, 3.05) is 25.9 Å². The second kappa shape index (κ2) is 6.82. The third-order valence-electron chi connectivity index (χ3n) is 4.35. The number of aromatic nitrogens is 3. The summed E-state index contributed by atoms with van der Waals surface area (Å²) < 4.78 is 5.28. The number of rotatable bonds is 3. The average Bonchev–Trinajstić information content (AvgIpc) is 2.61. The van der Waals surface area contributed by atoms with Crippen molar-refractivity contribution in [1.82, 2.24) is 19.9 Å². The Hall–Kier alpha value is -2.70. The summed E-state index contributed by atoms with van der Waals surface area (Å²) in [7, 11) is 1.55. The van der Waals surface area contributed by atoms with Crippen LogP contribution in [-0.4, -0.2) is 46.0 Å². The lowest BCUT2D eigenvalue weighted by Crippen LogP contribution is -2.38. The summed E-state index contributed by atoms with van der Waals surface area (Å²) in [6, 6.07) is 3.67. The zero-order valence-electron chi connectivity index (χ0n) is 13.9. The number of ether oxygens (including phenoxy) is 1. The van der Waals surface area contributed by atoms with Crippen LogP contribution in [0.1, 0.15) is 40.5 Å². The maximum Gasteiger partial charge on any atom is 0.257 e. The number of hydrogen-bond acceptors (Lipinski definition) is 6. The van der Waals surface area contributed by atoms with Crippen molar-refractivity contribution in [2.45, 2.75) is 25.7 Å². The van der Waals surface area contributed by atoms with Crippen molar-refractivity contribution < 1.29 is 9.53 Å². The normalized spacial score (nSPS) is 15.3. The van der Waals surface area contributed by atoms with E-state index in [-0.39, 0.29) is 5.91 Å². The average molecular weight is 327 g/mol. The highest BCUT2D eigenvalue weighted by Gasteiger charge is 2.27. The molecule has 1 amide bonds. The van der Waals surface area contributed by atoms with Crippen LogP contribution < -0.4 is 10.5 Å². The Labute approximate surface area is 140 Å².